The molecule has 4 heterocycles. The zero-order chi connectivity index (χ0) is 39.7. The molecule has 13 heteroatoms. The molecular weight excluding hydrogens is 852 g/mol. The Morgan fingerprint density at radius 3 is 2.04 bits per heavy atom. The van der Waals surface area contributed by atoms with Crippen molar-refractivity contribution in [1.29, 1.82) is 0 Å². The monoisotopic (exact) mass is 884 g/mol. The molecule has 0 aliphatic carbocycles. The molecule has 4 aromatic carbocycles. The summed E-state index contributed by atoms with van der Waals surface area (Å²) in [6.07, 6.45) is 3.81. The second kappa shape index (κ2) is 18.1. The van der Waals surface area contributed by atoms with E-state index in [1.807, 2.05) is 103 Å². The predicted octanol–water partition coefficient (Wildman–Crippen LogP) is 8.57. The van der Waals surface area contributed by atoms with E-state index in [1.54, 1.807) is 48.8 Å². The van der Waals surface area contributed by atoms with Gasteiger partial charge in [0.05, 0.1) is 46.6 Å². The number of aromatic nitrogens is 4. The van der Waals surface area contributed by atoms with Gasteiger partial charge in [-0.1, -0.05) is 60.7 Å². The molecule has 8 rings (SSSR count). The summed E-state index contributed by atoms with van der Waals surface area (Å²) >= 11 is 7.01. The number of hydrazone groups is 1. The summed E-state index contributed by atoms with van der Waals surface area (Å²) in [4.78, 5) is 35.5. The number of amides is 1. The molecule has 3 aromatic heterocycles. The molecule has 2 N–H and O–H groups in total. The van der Waals surface area contributed by atoms with Crippen molar-refractivity contribution in [2.75, 3.05) is 18.2 Å². The molecule has 0 saturated carbocycles. The third-order valence-corrected chi connectivity index (χ3v) is 10.2. The van der Waals surface area contributed by atoms with E-state index in [4.69, 9.17) is 9.84 Å². The molecule has 0 spiro atoms. The van der Waals surface area contributed by atoms with Gasteiger partial charge in [0.1, 0.15) is 23.8 Å². The number of pyridine rings is 2. The normalized spacial score (nSPS) is 13.7. The Kier molecular flexibility index (Phi) is 12.4. The van der Waals surface area contributed by atoms with E-state index >= 15 is 0 Å². The molecule has 11 nitrogen and oxygen atoms in total. The average molecular weight is 887 g/mol. The summed E-state index contributed by atoms with van der Waals surface area (Å²) in [5.74, 6) is 0.102. The number of benzene rings is 4. The van der Waals surface area contributed by atoms with E-state index < -0.39 is 5.92 Å². The van der Waals surface area contributed by atoms with Gasteiger partial charge in [0.15, 0.2) is 0 Å². The highest BCUT2D eigenvalue weighted by molar-refractivity contribution is 9.11. The topological polar surface area (TPSA) is 143 Å². The molecule has 7 aromatic rings. The number of rotatable bonds is 9. The number of hydrogen-bond acceptors (Lipinski definition) is 9. The number of phenolic OH excluding ortho intramolecular Hbond substituents is 1. The number of carbonyl (C=O) groups excluding carboxylic acids is 1. The maximum absolute atomic E-state index is 13.4. The zero-order valence-electron chi connectivity index (χ0n) is 30.2. The van der Waals surface area contributed by atoms with Crippen molar-refractivity contribution in [3.63, 3.8) is 0 Å². The summed E-state index contributed by atoms with van der Waals surface area (Å²) in [7, 11) is 0. The fraction of sp³-hybridized carbons (Fsp3) is 0.0909. The summed E-state index contributed by atoms with van der Waals surface area (Å²) in [5.41, 5.74) is 5.63. The van der Waals surface area contributed by atoms with Gasteiger partial charge in [-0.05, 0) is 122 Å². The maximum atomic E-state index is 13.4. The lowest BCUT2D eigenvalue weighted by Gasteiger charge is -2.30. The third kappa shape index (κ3) is 9.07. The van der Waals surface area contributed by atoms with Gasteiger partial charge in [0.25, 0.3) is 11.5 Å². The van der Waals surface area contributed by atoms with E-state index in [1.165, 1.54) is 9.69 Å². The van der Waals surface area contributed by atoms with Crippen molar-refractivity contribution in [1.82, 2.24) is 19.7 Å². The molecule has 0 fully saturated rings. The molecule has 1 aliphatic heterocycles. The number of aliphatic hydroxyl groups is 1. The molecule has 1 unspecified atom stereocenters. The fourth-order valence-electron chi connectivity index (χ4n) is 6.17. The van der Waals surface area contributed by atoms with Crippen LogP contribution in [-0.4, -0.2) is 54.8 Å². The van der Waals surface area contributed by atoms with Crippen LogP contribution in [0.4, 0.5) is 5.69 Å². The Morgan fingerprint density at radius 2 is 1.37 bits per heavy atom. The van der Waals surface area contributed by atoms with Gasteiger partial charge in [-0.25, -0.2) is 0 Å². The SMILES string of the molecule is O=C1C(c2cccc(O)c2)CC(c2ccccn2)=NN1c1ccccc1Br.O=c1c(-c2cccc(OCCO)c2)cc(-c2ccccn2)nn1-c1ccccc1Br. The van der Waals surface area contributed by atoms with Gasteiger partial charge in [0.2, 0.25) is 0 Å². The van der Waals surface area contributed by atoms with Crippen molar-refractivity contribution < 1.29 is 19.7 Å². The second-order valence-electron chi connectivity index (χ2n) is 12.6. The lowest BCUT2D eigenvalue weighted by atomic mass is 9.90. The van der Waals surface area contributed by atoms with E-state index in [9.17, 15) is 14.7 Å². The number of para-hydroxylation sites is 2. The summed E-state index contributed by atoms with van der Waals surface area (Å²) in [5, 5.41) is 29.5. The van der Waals surface area contributed by atoms with Crippen LogP contribution in [0.1, 0.15) is 23.6 Å². The van der Waals surface area contributed by atoms with Crippen LogP contribution in [0.2, 0.25) is 0 Å². The fourth-order valence-corrected chi connectivity index (χ4v) is 7.08. The van der Waals surface area contributed by atoms with Crippen LogP contribution >= 0.6 is 31.9 Å². The van der Waals surface area contributed by atoms with Crippen LogP contribution in [0, 0.1) is 0 Å². The quantitative estimate of drug-likeness (QED) is 0.147. The van der Waals surface area contributed by atoms with Gasteiger partial charge in [0, 0.05) is 27.8 Å². The van der Waals surface area contributed by atoms with Crippen LogP contribution in [0.15, 0.2) is 171 Å². The van der Waals surface area contributed by atoms with Crippen LogP contribution in [-0.2, 0) is 4.79 Å². The lowest BCUT2D eigenvalue weighted by Crippen LogP contribution is -2.38. The van der Waals surface area contributed by atoms with Gasteiger partial charge in [-0.15, -0.1) is 0 Å². The largest absolute Gasteiger partial charge is 0.508 e. The van der Waals surface area contributed by atoms with Crippen LogP contribution in [0.25, 0.3) is 28.2 Å². The Morgan fingerprint density at radius 1 is 0.702 bits per heavy atom. The summed E-state index contributed by atoms with van der Waals surface area (Å²) in [6.45, 7) is 0.0956. The zero-order valence-corrected chi connectivity index (χ0v) is 33.4. The molecular formula is C44H34Br2N6O5. The Labute approximate surface area is 344 Å². The van der Waals surface area contributed by atoms with Gasteiger partial charge < -0.3 is 14.9 Å². The molecule has 0 radical (unpaired) electrons. The second-order valence-corrected chi connectivity index (χ2v) is 14.3. The maximum Gasteiger partial charge on any atom is 0.279 e. The van der Waals surface area contributed by atoms with Gasteiger partial charge in [-0.3, -0.25) is 19.6 Å². The number of anilines is 1. The highest BCUT2D eigenvalue weighted by Crippen LogP contribution is 2.36. The summed E-state index contributed by atoms with van der Waals surface area (Å²) < 4.78 is 8.42. The minimum Gasteiger partial charge on any atom is -0.508 e. The molecule has 0 bridgehead atoms. The lowest BCUT2D eigenvalue weighted by molar-refractivity contribution is -0.120. The average Bonchev–Trinajstić information content (AvgIpc) is 3.25. The number of aromatic hydroxyl groups is 1. The smallest absolute Gasteiger partial charge is 0.279 e. The van der Waals surface area contributed by atoms with Crippen LogP contribution < -0.4 is 15.3 Å². The molecule has 0 saturated heterocycles. The number of aliphatic hydroxyl groups excluding tert-OH is 1. The number of ether oxygens (including phenoxy) is 1. The van der Waals surface area contributed by atoms with Gasteiger partial charge in [-0.2, -0.15) is 19.9 Å². The van der Waals surface area contributed by atoms with E-state index in [0.29, 0.717) is 46.1 Å². The highest BCUT2D eigenvalue weighted by Gasteiger charge is 2.34. The predicted molar refractivity (Wildman–Crippen MR) is 227 cm³/mol. The van der Waals surface area contributed by atoms with Gasteiger partial charge >= 0.3 is 0 Å². The Balaban J connectivity index is 0.000000175. The van der Waals surface area contributed by atoms with Crippen molar-refractivity contribution in [2.24, 2.45) is 5.10 Å². The number of phenols is 1. The van der Waals surface area contributed by atoms with Crippen molar-refractivity contribution in [2.45, 2.75) is 12.3 Å². The van der Waals surface area contributed by atoms with Crippen LogP contribution in [0.3, 0.4) is 0 Å². The van der Waals surface area contributed by atoms with Crippen LogP contribution in [0.5, 0.6) is 11.5 Å². The Bertz CT molecular complexity index is 2610. The number of carbonyl (C=O) groups is 1. The molecule has 284 valence electrons. The minimum atomic E-state index is -0.460. The number of hydrogen-bond donors (Lipinski definition) is 2. The van der Waals surface area contributed by atoms with Crippen molar-refractivity contribution in [3.05, 3.63) is 182 Å². The van der Waals surface area contributed by atoms with Crippen molar-refractivity contribution >= 4 is 49.2 Å². The molecule has 57 heavy (non-hydrogen) atoms. The standard InChI is InChI=1S/C23H18BrN3O3.C21H16BrN3O2/c24-19-8-1-2-10-22(19)27-23(29)18(15-21(26-27)20-9-3-4-11-25-20)16-6-5-7-17(14-16)30-13-12-28;22-17-8-1-2-10-20(17)25-21(27)16(14-6-5-7-15(26)12-14)13-19(24-25)18-9-3-4-11-23-18/h1-11,14-15,28H,12-13H2;1-12,16,26H,13H2. The summed E-state index contributed by atoms with van der Waals surface area (Å²) in [6, 6.07) is 41.8. The minimum absolute atomic E-state index is 0.0852. The first-order valence-electron chi connectivity index (χ1n) is 17.8. The van der Waals surface area contributed by atoms with E-state index in [2.05, 4.69) is 52.0 Å². The van der Waals surface area contributed by atoms with E-state index in [-0.39, 0.29) is 30.4 Å². The molecule has 1 atom stereocenters. The first kappa shape index (κ1) is 39.0. The van der Waals surface area contributed by atoms with Crippen molar-refractivity contribution in [3.8, 4) is 39.7 Å². The Hall–Kier alpha value is -6.28. The number of nitrogens with zero attached hydrogens (tertiary/aromatic N) is 6. The first-order chi connectivity index (χ1) is 27.8. The molecule has 1 aliphatic rings. The first-order valence-corrected chi connectivity index (χ1v) is 19.4. The van der Waals surface area contributed by atoms with E-state index in [0.717, 1.165) is 25.9 Å². The highest BCUT2D eigenvalue weighted by atomic mass is 79.9. The third-order valence-electron chi connectivity index (χ3n) is 8.86. The number of halogens is 2. The molecule has 1 amide bonds.